The van der Waals surface area contributed by atoms with Gasteiger partial charge in [0.25, 0.3) is 11.6 Å². The van der Waals surface area contributed by atoms with Gasteiger partial charge in [0.1, 0.15) is 0 Å². The summed E-state index contributed by atoms with van der Waals surface area (Å²) in [5, 5.41) is 11.2. The molecular weight excluding hydrogens is 394 g/mol. The monoisotopic (exact) mass is 417 g/mol. The van der Waals surface area contributed by atoms with Gasteiger partial charge < -0.3 is 4.90 Å². The average molecular weight is 417 g/mol. The SMILES string of the molecule is Cc1cccc(C(=O)N2CCCN(S(=O)(=O)c3ccc(C)c([N+](=O)[O-])c3)CC2)c1. The summed E-state index contributed by atoms with van der Waals surface area (Å²) in [4.78, 5) is 24.9. The Bertz CT molecular complexity index is 1050. The van der Waals surface area contributed by atoms with E-state index in [-0.39, 0.29) is 36.1 Å². The Kier molecular flexibility index (Phi) is 5.99. The highest BCUT2D eigenvalue weighted by atomic mass is 32.2. The van der Waals surface area contributed by atoms with E-state index in [0.717, 1.165) is 11.6 Å². The normalized spacial score (nSPS) is 15.7. The van der Waals surface area contributed by atoms with Gasteiger partial charge in [0.15, 0.2) is 0 Å². The minimum Gasteiger partial charge on any atom is -0.337 e. The summed E-state index contributed by atoms with van der Waals surface area (Å²) >= 11 is 0. The lowest BCUT2D eigenvalue weighted by Crippen LogP contribution is -2.37. The number of nitrogens with zero attached hydrogens (tertiary/aromatic N) is 3. The van der Waals surface area contributed by atoms with Crippen molar-refractivity contribution in [2.45, 2.75) is 25.2 Å². The molecular formula is C20H23N3O5S. The van der Waals surface area contributed by atoms with Crippen LogP contribution in [-0.2, 0) is 10.0 Å². The summed E-state index contributed by atoms with van der Waals surface area (Å²) in [7, 11) is -3.89. The molecule has 0 saturated carbocycles. The van der Waals surface area contributed by atoms with Gasteiger partial charge in [0.05, 0.1) is 9.82 Å². The third kappa shape index (κ3) is 4.46. The van der Waals surface area contributed by atoms with Crippen molar-refractivity contribution in [2.75, 3.05) is 26.2 Å². The average Bonchev–Trinajstić information content (AvgIpc) is 2.94. The molecule has 2 aromatic rings. The van der Waals surface area contributed by atoms with E-state index in [1.54, 1.807) is 17.9 Å². The van der Waals surface area contributed by atoms with E-state index in [2.05, 4.69) is 0 Å². The van der Waals surface area contributed by atoms with Crippen molar-refractivity contribution < 1.29 is 18.1 Å². The van der Waals surface area contributed by atoms with Gasteiger partial charge in [0.2, 0.25) is 10.0 Å². The molecule has 8 nitrogen and oxygen atoms in total. The van der Waals surface area contributed by atoms with Crippen LogP contribution >= 0.6 is 0 Å². The number of benzene rings is 2. The van der Waals surface area contributed by atoms with Crippen molar-refractivity contribution in [1.29, 1.82) is 0 Å². The van der Waals surface area contributed by atoms with Crippen LogP contribution in [0.1, 0.15) is 27.9 Å². The number of amides is 1. The number of nitro groups is 1. The molecule has 0 aliphatic carbocycles. The molecule has 1 saturated heterocycles. The number of carbonyl (C=O) groups is 1. The predicted octanol–water partition coefficient (Wildman–Crippen LogP) is 2.75. The first-order chi connectivity index (χ1) is 13.7. The van der Waals surface area contributed by atoms with E-state index in [1.807, 2.05) is 25.1 Å². The van der Waals surface area contributed by atoms with E-state index < -0.39 is 14.9 Å². The van der Waals surface area contributed by atoms with Crippen molar-refractivity contribution in [3.05, 3.63) is 69.3 Å². The van der Waals surface area contributed by atoms with Crippen LogP contribution in [-0.4, -0.2) is 54.6 Å². The molecule has 1 fully saturated rings. The maximum absolute atomic E-state index is 13.0. The van der Waals surface area contributed by atoms with Crippen molar-refractivity contribution in [1.82, 2.24) is 9.21 Å². The Morgan fingerprint density at radius 1 is 1.03 bits per heavy atom. The molecule has 0 atom stereocenters. The third-order valence-electron chi connectivity index (χ3n) is 5.02. The Morgan fingerprint density at radius 2 is 1.79 bits per heavy atom. The van der Waals surface area contributed by atoms with Crippen LogP contribution in [0.15, 0.2) is 47.4 Å². The molecule has 3 rings (SSSR count). The minimum absolute atomic E-state index is 0.103. The summed E-state index contributed by atoms with van der Waals surface area (Å²) in [5.74, 6) is -0.126. The van der Waals surface area contributed by atoms with Gasteiger partial charge in [-0.1, -0.05) is 23.8 Å². The largest absolute Gasteiger partial charge is 0.337 e. The first-order valence-corrected chi connectivity index (χ1v) is 10.8. The zero-order chi connectivity index (χ0) is 21.2. The summed E-state index contributed by atoms with van der Waals surface area (Å²) in [6, 6.07) is 11.2. The van der Waals surface area contributed by atoms with Gasteiger partial charge in [-0.3, -0.25) is 14.9 Å². The molecule has 154 valence electrons. The highest BCUT2D eigenvalue weighted by Gasteiger charge is 2.30. The van der Waals surface area contributed by atoms with Crippen LogP contribution in [0.5, 0.6) is 0 Å². The second-order valence-corrected chi connectivity index (χ2v) is 9.06. The summed E-state index contributed by atoms with van der Waals surface area (Å²) in [6.45, 7) is 4.58. The van der Waals surface area contributed by atoms with E-state index in [1.165, 1.54) is 16.4 Å². The third-order valence-corrected chi connectivity index (χ3v) is 6.92. The molecule has 29 heavy (non-hydrogen) atoms. The van der Waals surface area contributed by atoms with Crippen LogP contribution in [0.25, 0.3) is 0 Å². The molecule has 0 aromatic heterocycles. The van der Waals surface area contributed by atoms with Crippen molar-refractivity contribution in [2.24, 2.45) is 0 Å². The highest BCUT2D eigenvalue weighted by Crippen LogP contribution is 2.25. The van der Waals surface area contributed by atoms with E-state index in [0.29, 0.717) is 24.1 Å². The number of aryl methyl sites for hydroxylation is 2. The van der Waals surface area contributed by atoms with Gasteiger partial charge in [-0.25, -0.2) is 8.42 Å². The fourth-order valence-corrected chi connectivity index (χ4v) is 4.88. The topological polar surface area (TPSA) is 101 Å². The highest BCUT2D eigenvalue weighted by molar-refractivity contribution is 7.89. The van der Waals surface area contributed by atoms with Crippen molar-refractivity contribution >= 4 is 21.6 Å². The zero-order valence-electron chi connectivity index (χ0n) is 16.4. The van der Waals surface area contributed by atoms with Crippen LogP contribution in [0.3, 0.4) is 0 Å². The molecule has 2 aromatic carbocycles. The van der Waals surface area contributed by atoms with E-state index in [4.69, 9.17) is 0 Å². The first-order valence-electron chi connectivity index (χ1n) is 9.31. The lowest BCUT2D eigenvalue weighted by molar-refractivity contribution is -0.385. The molecule has 1 amide bonds. The first kappa shape index (κ1) is 20.9. The number of sulfonamides is 1. The van der Waals surface area contributed by atoms with Crippen molar-refractivity contribution in [3.63, 3.8) is 0 Å². The lowest BCUT2D eigenvalue weighted by Gasteiger charge is -2.22. The Labute approximate surface area is 169 Å². The molecule has 0 bridgehead atoms. The van der Waals surface area contributed by atoms with Gasteiger partial charge in [-0.2, -0.15) is 4.31 Å². The lowest BCUT2D eigenvalue weighted by atomic mass is 10.1. The Hall–Kier alpha value is -2.78. The maximum Gasteiger partial charge on any atom is 0.273 e. The van der Waals surface area contributed by atoms with Crippen LogP contribution in [0.2, 0.25) is 0 Å². The number of rotatable bonds is 4. The zero-order valence-corrected chi connectivity index (χ0v) is 17.2. The smallest absolute Gasteiger partial charge is 0.273 e. The number of hydrogen-bond acceptors (Lipinski definition) is 5. The van der Waals surface area contributed by atoms with E-state index >= 15 is 0 Å². The van der Waals surface area contributed by atoms with Crippen LogP contribution < -0.4 is 0 Å². The molecule has 1 aliphatic heterocycles. The number of hydrogen-bond donors (Lipinski definition) is 0. The number of nitro benzene ring substituents is 1. The molecule has 0 unspecified atom stereocenters. The molecule has 1 heterocycles. The van der Waals surface area contributed by atoms with Crippen molar-refractivity contribution in [3.8, 4) is 0 Å². The van der Waals surface area contributed by atoms with Crippen LogP contribution in [0.4, 0.5) is 5.69 Å². The van der Waals surface area contributed by atoms with Gasteiger partial charge in [0, 0.05) is 43.4 Å². The van der Waals surface area contributed by atoms with Gasteiger partial charge in [-0.05, 0) is 38.5 Å². The molecule has 0 N–H and O–H groups in total. The quantitative estimate of drug-likeness (QED) is 0.562. The summed E-state index contributed by atoms with van der Waals surface area (Å²) in [6.07, 6.45) is 0.491. The molecule has 1 aliphatic rings. The summed E-state index contributed by atoms with van der Waals surface area (Å²) in [5.41, 5.74) is 1.74. The molecule has 0 radical (unpaired) electrons. The van der Waals surface area contributed by atoms with Crippen LogP contribution in [0, 0.1) is 24.0 Å². The van der Waals surface area contributed by atoms with Gasteiger partial charge in [-0.15, -0.1) is 0 Å². The second-order valence-electron chi connectivity index (χ2n) is 7.12. The standard InChI is InChI=1S/C20H23N3O5S/c1-15-5-3-6-17(13-15)20(24)21-9-4-10-22(12-11-21)29(27,28)18-8-7-16(2)19(14-18)23(25)26/h3,5-8,13-14H,4,9-12H2,1-2H3. The maximum atomic E-state index is 13.0. The minimum atomic E-state index is -3.89. The predicted molar refractivity (Wildman–Crippen MR) is 108 cm³/mol. The fraction of sp³-hybridized carbons (Fsp3) is 0.350. The molecule has 0 spiro atoms. The fourth-order valence-electron chi connectivity index (χ4n) is 3.39. The van der Waals surface area contributed by atoms with E-state index in [9.17, 15) is 23.3 Å². The Balaban J connectivity index is 1.79. The summed E-state index contributed by atoms with van der Waals surface area (Å²) < 4.78 is 27.3. The molecule has 9 heteroatoms. The Morgan fingerprint density at radius 3 is 2.48 bits per heavy atom. The van der Waals surface area contributed by atoms with Gasteiger partial charge >= 0.3 is 0 Å². The second kappa shape index (κ2) is 8.30. The number of carbonyl (C=O) groups excluding carboxylic acids is 1.